The molecule has 0 spiro atoms. The number of ether oxygens (including phenoxy) is 2. The lowest BCUT2D eigenvalue weighted by Gasteiger charge is -2.32. The predicted molar refractivity (Wildman–Crippen MR) is 69.6 cm³/mol. The molecule has 1 aromatic rings. The van der Waals surface area contributed by atoms with Gasteiger partial charge >= 0.3 is 5.97 Å². The molecule has 1 atom stereocenters. The maximum absolute atomic E-state index is 11.7. The monoisotopic (exact) mass is 267 g/mol. The van der Waals surface area contributed by atoms with E-state index in [2.05, 4.69) is 23.8 Å². The van der Waals surface area contributed by atoms with Gasteiger partial charge in [-0.1, -0.05) is 0 Å². The van der Waals surface area contributed by atoms with Crippen LogP contribution in [-0.4, -0.2) is 53.6 Å². The van der Waals surface area contributed by atoms with Gasteiger partial charge in [-0.2, -0.15) is 5.10 Å². The number of carbonyl (C=O) groups is 1. The average molecular weight is 267 g/mol. The predicted octanol–water partition coefficient (Wildman–Crippen LogP) is 0.838. The second-order valence-corrected chi connectivity index (χ2v) is 4.97. The molecular weight excluding hydrogens is 246 g/mol. The molecule has 0 bridgehead atoms. The van der Waals surface area contributed by atoms with Gasteiger partial charge in [-0.15, -0.1) is 0 Å². The number of rotatable bonds is 4. The van der Waals surface area contributed by atoms with Crippen molar-refractivity contribution in [3.05, 3.63) is 18.0 Å². The fourth-order valence-corrected chi connectivity index (χ4v) is 2.14. The van der Waals surface area contributed by atoms with E-state index in [1.807, 2.05) is 16.9 Å². The third-order valence-electron chi connectivity index (χ3n) is 3.27. The Kier molecular flexibility index (Phi) is 4.55. The molecule has 1 aliphatic heterocycles. The van der Waals surface area contributed by atoms with Crippen molar-refractivity contribution in [3.8, 4) is 0 Å². The number of esters is 1. The van der Waals surface area contributed by atoms with Gasteiger partial charge in [0.25, 0.3) is 0 Å². The lowest BCUT2D eigenvalue weighted by atomic mass is 10.2. The van der Waals surface area contributed by atoms with E-state index in [0.717, 1.165) is 5.69 Å². The van der Waals surface area contributed by atoms with E-state index < -0.39 is 0 Å². The minimum Gasteiger partial charge on any atom is -0.468 e. The van der Waals surface area contributed by atoms with Crippen LogP contribution in [0.15, 0.2) is 12.3 Å². The number of hydrogen-bond acceptors (Lipinski definition) is 5. The standard InChI is InChI=1S/C13H21N3O3/c1-10(2)16-5-4-11(14-16)8-15-6-7-19-9-12(15)13(17)18-3/h4-5,10,12H,6-9H2,1-3H3. The molecule has 6 heteroatoms. The molecule has 0 saturated carbocycles. The number of nitrogens with zero attached hydrogens (tertiary/aromatic N) is 3. The van der Waals surface area contributed by atoms with E-state index in [4.69, 9.17) is 9.47 Å². The van der Waals surface area contributed by atoms with Crippen LogP contribution in [0.5, 0.6) is 0 Å². The minimum absolute atomic E-state index is 0.247. The smallest absolute Gasteiger partial charge is 0.325 e. The molecule has 106 valence electrons. The van der Waals surface area contributed by atoms with Crippen molar-refractivity contribution < 1.29 is 14.3 Å². The highest BCUT2D eigenvalue weighted by atomic mass is 16.5. The highest BCUT2D eigenvalue weighted by Crippen LogP contribution is 2.13. The second kappa shape index (κ2) is 6.16. The molecule has 1 unspecified atom stereocenters. The van der Waals surface area contributed by atoms with Gasteiger partial charge in [-0.05, 0) is 19.9 Å². The molecule has 2 heterocycles. The summed E-state index contributed by atoms with van der Waals surface area (Å²) in [4.78, 5) is 13.8. The van der Waals surface area contributed by atoms with Crippen LogP contribution in [-0.2, 0) is 20.8 Å². The van der Waals surface area contributed by atoms with Crippen LogP contribution in [0.2, 0.25) is 0 Å². The number of methoxy groups -OCH3 is 1. The SMILES string of the molecule is COC(=O)C1COCCN1Cc1ccn(C(C)C)n1. The quantitative estimate of drug-likeness (QED) is 0.757. The van der Waals surface area contributed by atoms with E-state index >= 15 is 0 Å². The zero-order valence-corrected chi connectivity index (χ0v) is 11.7. The average Bonchev–Trinajstić information content (AvgIpc) is 2.87. The summed E-state index contributed by atoms with van der Waals surface area (Å²) >= 11 is 0. The van der Waals surface area contributed by atoms with Crippen LogP contribution in [0, 0.1) is 0 Å². The van der Waals surface area contributed by atoms with Gasteiger partial charge in [0.05, 0.1) is 26.0 Å². The summed E-state index contributed by atoms with van der Waals surface area (Å²) in [5.74, 6) is -0.247. The largest absolute Gasteiger partial charge is 0.468 e. The Morgan fingerprint density at radius 2 is 2.42 bits per heavy atom. The van der Waals surface area contributed by atoms with Gasteiger partial charge in [-0.25, -0.2) is 0 Å². The molecule has 0 aromatic carbocycles. The van der Waals surface area contributed by atoms with Crippen molar-refractivity contribution in [1.82, 2.24) is 14.7 Å². The summed E-state index contributed by atoms with van der Waals surface area (Å²) in [5.41, 5.74) is 0.963. The van der Waals surface area contributed by atoms with Crippen LogP contribution in [0.1, 0.15) is 25.6 Å². The van der Waals surface area contributed by atoms with Gasteiger partial charge in [-0.3, -0.25) is 14.4 Å². The van der Waals surface area contributed by atoms with Crippen LogP contribution in [0.4, 0.5) is 0 Å². The van der Waals surface area contributed by atoms with Gasteiger partial charge in [0.15, 0.2) is 0 Å². The van der Waals surface area contributed by atoms with Crippen LogP contribution in [0.3, 0.4) is 0 Å². The number of hydrogen-bond donors (Lipinski definition) is 0. The zero-order chi connectivity index (χ0) is 13.8. The number of aromatic nitrogens is 2. The van der Waals surface area contributed by atoms with E-state index in [0.29, 0.717) is 32.3 Å². The summed E-state index contributed by atoms with van der Waals surface area (Å²) in [5, 5.41) is 4.51. The molecular formula is C13H21N3O3. The lowest BCUT2D eigenvalue weighted by Crippen LogP contribution is -2.49. The van der Waals surface area contributed by atoms with Gasteiger partial charge < -0.3 is 9.47 Å². The number of carbonyl (C=O) groups excluding carboxylic acids is 1. The first-order valence-corrected chi connectivity index (χ1v) is 6.55. The molecule has 1 aliphatic rings. The second-order valence-electron chi connectivity index (χ2n) is 4.97. The Hall–Kier alpha value is -1.40. The highest BCUT2D eigenvalue weighted by molar-refractivity contribution is 5.75. The molecule has 0 radical (unpaired) electrons. The maximum atomic E-state index is 11.7. The zero-order valence-electron chi connectivity index (χ0n) is 11.7. The van der Waals surface area contributed by atoms with E-state index in [-0.39, 0.29) is 12.0 Å². The van der Waals surface area contributed by atoms with E-state index in [1.165, 1.54) is 7.11 Å². The minimum atomic E-state index is -0.331. The molecule has 6 nitrogen and oxygen atoms in total. The van der Waals surface area contributed by atoms with Crippen LogP contribution < -0.4 is 0 Å². The van der Waals surface area contributed by atoms with Gasteiger partial charge in [0.2, 0.25) is 0 Å². The fraction of sp³-hybridized carbons (Fsp3) is 0.692. The summed E-state index contributed by atoms with van der Waals surface area (Å²) in [6.07, 6.45) is 1.97. The van der Waals surface area contributed by atoms with Crippen molar-refractivity contribution in [2.24, 2.45) is 0 Å². The molecule has 0 amide bonds. The molecule has 0 N–H and O–H groups in total. The van der Waals surface area contributed by atoms with E-state index in [1.54, 1.807) is 0 Å². The van der Waals surface area contributed by atoms with Crippen molar-refractivity contribution in [1.29, 1.82) is 0 Å². The fourth-order valence-electron chi connectivity index (χ4n) is 2.14. The first-order valence-electron chi connectivity index (χ1n) is 6.55. The van der Waals surface area contributed by atoms with Gasteiger partial charge in [0.1, 0.15) is 6.04 Å². The Labute approximate surface area is 113 Å². The third-order valence-corrected chi connectivity index (χ3v) is 3.27. The maximum Gasteiger partial charge on any atom is 0.325 e. The van der Waals surface area contributed by atoms with Crippen LogP contribution >= 0.6 is 0 Å². The highest BCUT2D eigenvalue weighted by Gasteiger charge is 2.30. The molecule has 1 aromatic heterocycles. The normalized spacial score (nSPS) is 20.7. The Balaban J connectivity index is 2.04. The summed E-state index contributed by atoms with van der Waals surface area (Å²) < 4.78 is 12.1. The summed E-state index contributed by atoms with van der Waals surface area (Å²) in [6, 6.07) is 2.00. The Morgan fingerprint density at radius 3 is 3.05 bits per heavy atom. The summed E-state index contributed by atoms with van der Waals surface area (Å²) in [6.45, 7) is 6.55. The Bertz CT molecular complexity index is 431. The van der Waals surface area contributed by atoms with E-state index in [9.17, 15) is 4.79 Å². The third kappa shape index (κ3) is 3.33. The molecule has 19 heavy (non-hydrogen) atoms. The first kappa shape index (κ1) is 14.0. The topological polar surface area (TPSA) is 56.6 Å². The molecule has 1 fully saturated rings. The van der Waals surface area contributed by atoms with Crippen molar-refractivity contribution in [2.75, 3.05) is 26.9 Å². The molecule has 1 saturated heterocycles. The number of morpholine rings is 1. The van der Waals surface area contributed by atoms with Crippen molar-refractivity contribution in [2.45, 2.75) is 32.5 Å². The molecule has 2 rings (SSSR count). The van der Waals surface area contributed by atoms with Crippen molar-refractivity contribution >= 4 is 5.97 Å². The molecule has 0 aliphatic carbocycles. The van der Waals surface area contributed by atoms with Crippen molar-refractivity contribution in [3.63, 3.8) is 0 Å². The van der Waals surface area contributed by atoms with Crippen LogP contribution in [0.25, 0.3) is 0 Å². The lowest BCUT2D eigenvalue weighted by molar-refractivity contribution is -0.153. The first-order chi connectivity index (χ1) is 9.11. The van der Waals surface area contributed by atoms with Gasteiger partial charge in [0, 0.05) is 25.3 Å². The summed E-state index contributed by atoms with van der Waals surface area (Å²) in [7, 11) is 1.41. The Morgan fingerprint density at radius 1 is 1.63 bits per heavy atom.